The third-order valence-electron chi connectivity index (χ3n) is 9.21. The Hall–Kier alpha value is -6.33. The molecule has 0 saturated carbocycles. The van der Waals surface area contributed by atoms with Gasteiger partial charge in [-0.3, -0.25) is 0 Å². The average molecular weight is 620 g/mol. The number of hydrogen-bond acceptors (Lipinski definition) is 4. The van der Waals surface area contributed by atoms with Crippen LogP contribution in [0.4, 0.5) is 0 Å². The van der Waals surface area contributed by atoms with Gasteiger partial charge in [-0.25, -0.2) is 14.8 Å². The third kappa shape index (κ3) is 4.59. The third-order valence-corrected chi connectivity index (χ3v) is 9.21. The van der Waals surface area contributed by atoms with Crippen LogP contribution in [-0.4, -0.2) is 16.1 Å². The lowest BCUT2D eigenvalue weighted by Crippen LogP contribution is -2.12. The van der Waals surface area contributed by atoms with Gasteiger partial charge in [0.05, 0.1) is 27.8 Å². The zero-order valence-corrected chi connectivity index (χ0v) is 26.2. The minimum absolute atomic E-state index is 0.0421. The Kier molecular flexibility index (Phi) is 6.51. The molecule has 9 rings (SSSR count). The van der Waals surface area contributed by atoms with E-state index in [0.717, 1.165) is 66.4 Å². The van der Waals surface area contributed by atoms with E-state index >= 15 is 0 Å². The molecule has 0 bridgehead atoms. The molecule has 5 heteroatoms. The zero-order valence-electron chi connectivity index (χ0n) is 26.2. The van der Waals surface area contributed by atoms with Gasteiger partial charge in [-0.2, -0.15) is 0 Å². The number of hydrogen-bond donors (Lipinski definition) is 0. The molecule has 5 nitrogen and oxygen atoms in total. The average Bonchev–Trinajstić information content (AvgIpc) is 3.35. The van der Waals surface area contributed by atoms with E-state index in [2.05, 4.69) is 96.4 Å². The molecule has 0 spiro atoms. The molecular weight excluding hydrogens is 590 g/mol. The molecule has 8 aromatic rings. The lowest BCUT2D eigenvalue weighted by molar-refractivity contribution is 0.570. The summed E-state index contributed by atoms with van der Waals surface area (Å²) in [6, 6.07) is 49.1. The number of amidine groups is 1. The summed E-state index contributed by atoms with van der Waals surface area (Å²) in [6.07, 6.45) is 2.20. The predicted molar refractivity (Wildman–Crippen MR) is 197 cm³/mol. The van der Waals surface area contributed by atoms with Crippen molar-refractivity contribution in [1.82, 2.24) is 4.57 Å². The number of fused-ring (bicyclic) bond motifs is 6. The lowest BCUT2D eigenvalue weighted by Gasteiger charge is -2.12. The molecule has 1 unspecified atom stereocenters. The normalized spacial score (nSPS) is 15.0. The molecule has 1 aliphatic rings. The van der Waals surface area contributed by atoms with E-state index < -0.39 is 0 Å². The Balaban J connectivity index is 1.28. The second-order valence-corrected chi connectivity index (χ2v) is 12.2. The van der Waals surface area contributed by atoms with Crippen LogP contribution < -0.4 is 5.63 Å². The van der Waals surface area contributed by atoms with Gasteiger partial charge < -0.3 is 8.98 Å². The quantitative estimate of drug-likeness (QED) is 0.145. The highest BCUT2D eigenvalue weighted by atomic mass is 16.4. The summed E-state index contributed by atoms with van der Waals surface area (Å²) < 4.78 is 7.98. The Bertz CT molecular complexity index is 2700. The maximum atomic E-state index is 13.3. The molecule has 228 valence electrons. The minimum Gasteiger partial charge on any atom is -0.422 e. The molecule has 0 saturated heterocycles. The van der Waals surface area contributed by atoms with E-state index in [1.807, 2.05) is 66.7 Å². The van der Waals surface area contributed by atoms with Crippen molar-refractivity contribution >= 4 is 60.8 Å². The van der Waals surface area contributed by atoms with E-state index in [-0.39, 0.29) is 11.5 Å². The molecule has 0 N–H and O–H groups in total. The number of benzene rings is 6. The van der Waals surface area contributed by atoms with Gasteiger partial charge in [0.15, 0.2) is 5.84 Å². The second kappa shape index (κ2) is 11.2. The molecule has 48 heavy (non-hydrogen) atoms. The fourth-order valence-electron chi connectivity index (χ4n) is 6.95. The highest BCUT2D eigenvalue weighted by Gasteiger charge is 2.21. The van der Waals surface area contributed by atoms with Crippen molar-refractivity contribution in [2.24, 2.45) is 15.9 Å². The van der Waals surface area contributed by atoms with Gasteiger partial charge in [-0.05, 0) is 53.6 Å². The van der Waals surface area contributed by atoms with Gasteiger partial charge in [0.1, 0.15) is 5.58 Å². The number of aliphatic imine (C=N–C) groups is 2. The highest BCUT2D eigenvalue weighted by molar-refractivity contribution is 6.18. The second-order valence-electron chi connectivity index (χ2n) is 12.2. The zero-order chi connectivity index (χ0) is 32.2. The standard InChI is InChI=1S/C43H29N3O2/c1-27-23-37(28-13-4-2-5-14-28)44-42(45-41(27)29-15-6-3-7-16-29)30-17-12-18-31(24-30)46-38-21-10-8-19-32(38)35-25-34-33-20-9-11-22-40(33)48-43(47)36(34)26-39(35)46/h2-27H,1H3. The summed E-state index contributed by atoms with van der Waals surface area (Å²) in [5.74, 6) is 0.689. The number of para-hydroxylation sites is 2. The summed E-state index contributed by atoms with van der Waals surface area (Å²) in [7, 11) is 0. The van der Waals surface area contributed by atoms with Crippen molar-refractivity contribution in [1.29, 1.82) is 0 Å². The fraction of sp³-hybridized carbons (Fsp3) is 0.0465. The van der Waals surface area contributed by atoms with Gasteiger partial charge in [-0.15, -0.1) is 0 Å². The van der Waals surface area contributed by atoms with Crippen LogP contribution in [0.2, 0.25) is 0 Å². The summed E-state index contributed by atoms with van der Waals surface area (Å²) in [4.78, 5) is 23.8. The van der Waals surface area contributed by atoms with Crippen LogP contribution in [0.25, 0.3) is 54.9 Å². The molecule has 0 radical (unpaired) electrons. The maximum Gasteiger partial charge on any atom is 0.344 e. The SMILES string of the molecule is CC1C=C(c2ccccc2)N=C(c2cccc(-n3c4ccccc4c4cc5c(cc43)c(=O)oc3ccccc35)c2)N=C1c1ccccc1. The molecule has 2 aromatic heterocycles. The van der Waals surface area contributed by atoms with Gasteiger partial charge in [0, 0.05) is 38.7 Å². The van der Waals surface area contributed by atoms with E-state index in [0.29, 0.717) is 16.8 Å². The highest BCUT2D eigenvalue weighted by Crippen LogP contribution is 2.36. The predicted octanol–water partition coefficient (Wildman–Crippen LogP) is 9.97. The molecule has 1 atom stereocenters. The first-order valence-electron chi connectivity index (χ1n) is 16.1. The molecule has 0 aliphatic carbocycles. The Morgan fingerprint density at radius 2 is 1.25 bits per heavy atom. The molecule has 0 fully saturated rings. The minimum atomic E-state index is -0.346. The summed E-state index contributed by atoms with van der Waals surface area (Å²) in [5.41, 5.74) is 8.03. The van der Waals surface area contributed by atoms with Crippen molar-refractivity contribution in [3.05, 3.63) is 179 Å². The first-order chi connectivity index (χ1) is 23.6. The fourth-order valence-corrected chi connectivity index (χ4v) is 6.95. The van der Waals surface area contributed by atoms with E-state index in [1.165, 1.54) is 0 Å². The largest absolute Gasteiger partial charge is 0.422 e. The van der Waals surface area contributed by atoms with Crippen LogP contribution in [0.3, 0.4) is 0 Å². The van der Waals surface area contributed by atoms with Crippen LogP contribution in [0, 0.1) is 5.92 Å². The molecule has 6 aromatic carbocycles. The van der Waals surface area contributed by atoms with E-state index in [9.17, 15) is 4.79 Å². The van der Waals surface area contributed by atoms with Crippen LogP contribution in [0.15, 0.2) is 171 Å². The number of allylic oxidation sites excluding steroid dienone is 1. The molecule has 1 aliphatic heterocycles. The number of aromatic nitrogens is 1. The first kappa shape index (κ1) is 27.9. The van der Waals surface area contributed by atoms with E-state index in [4.69, 9.17) is 14.4 Å². The van der Waals surface area contributed by atoms with Crippen molar-refractivity contribution in [3.63, 3.8) is 0 Å². The van der Waals surface area contributed by atoms with Crippen LogP contribution in [0.1, 0.15) is 23.6 Å². The van der Waals surface area contributed by atoms with Gasteiger partial charge >= 0.3 is 5.63 Å². The van der Waals surface area contributed by atoms with E-state index in [1.54, 1.807) is 0 Å². The topological polar surface area (TPSA) is 59.9 Å². The number of rotatable bonds is 4. The van der Waals surface area contributed by atoms with Gasteiger partial charge in [0.25, 0.3) is 0 Å². The van der Waals surface area contributed by atoms with Crippen LogP contribution in [-0.2, 0) is 0 Å². The lowest BCUT2D eigenvalue weighted by atomic mass is 9.96. The van der Waals surface area contributed by atoms with Crippen LogP contribution >= 0.6 is 0 Å². The van der Waals surface area contributed by atoms with Crippen molar-refractivity contribution in [2.75, 3.05) is 0 Å². The Morgan fingerprint density at radius 1 is 0.562 bits per heavy atom. The molecule has 0 amide bonds. The van der Waals surface area contributed by atoms with Gasteiger partial charge in [0.2, 0.25) is 0 Å². The monoisotopic (exact) mass is 619 g/mol. The smallest absolute Gasteiger partial charge is 0.344 e. The van der Waals surface area contributed by atoms with Crippen LogP contribution in [0.5, 0.6) is 0 Å². The summed E-state index contributed by atoms with van der Waals surface area (Å²) in [6.45, 7) is 2.17. The van der Waals surface area contributed by atoms with Crippen molar-refractivity contribution in [2.45, 2.75) is 6.92 Å². The first-order valence-corrected chi connectivity index (χ1v) is 16.1. The number of nitrogens with zero attached hydrogens (tertiary/aromatic N) is 3. The maximum absolute atomic E-state index is 13.3. The Morgan fingerprint density at radius 3 is 2.06 bits per heavy atom. The van der Waals surface area contributed by atoms with Crippen molar-refractivity contribution < 1.29 is 4.42 Å². The summed E-state index contributed by atoms with van der Waals surface area (Å²) in [5, 5.41) is 4.53. The molecular formula is C43H29N3O2. The molecule has 3 heterocycles. The van der Waals surface area contributed by atoms with Crippen molar-refractivity contribution in [3.8, 4) is 5.69 Å². The summed E-state index contributed by atoms with van der Waals surface area (Å²) >= 11 is 0. The Labute approximate surface area is 276 Å². The van der Waals surface area contributed by atoms with Gasteiger partial charge in [-0.1, -0.05) is 116 Å².